The van der Waals surface area contributed by atoms with E-state index in [0.717, 1.165) is 12.4 Å². The van der Waals surface area contributed by atoms with Gasteiger partial charge in [-0.1, -0.05) is 13.8 Å². The molecule has 17 heavy (non-hydrogen) atoms. The fraction of sp³-hybridized carbons (Fsp3) is 0.615. The van der Waals surface area contributed by atoms with Gasteiger partial charge < -0.3 is 5.43 Å². The van der Waals surface area contributed by atoms with E-state index >= 15 is 0 Å². The molecule has 0 atom stereocenters. The Morgan fingerprint density at radius 3 is 2.76 bits per heavy atom. The smallest absolute Gasteiger partial charge is 0.140 e. The van der Waals surface area contributed by atoms with Crippen LogP contribution in [0, 0.1) is 5.41 Å². The van der Waals surface area contributed by atoms with Gasteiger partial charge in [0.15, 0.2) is 0 Å². The number of anilines is 1. The second-order valence-corrected chi connectivity index (χ2v) is 5.63. The summed E-state index contributed by atoms with van der Waals surface area (Å²) in [6, 6.07) is 4.07. The number of nitrogen functional groups attached to an aromatic ring is 1. The molecule has 0 saturated carbocycles. The maximum Gasteiger partial charge on any atom is 0.140 e. The number of likely N-dealkylation sites (tertiary alicyclic amines) is 1. The van der Waals surface area contributed by atoms with E-state index in [9.17, 15) is 0 Å². The zero-order valence-electron chi connectivity index (χ0n) is 10.7. The monoisotopic (exact) mass is 234 g/mol. The molecule has 1 fully saturated rings. The van der Waals surface area contributed by atoms with Gasteiger partial charge in [-0.15, -0.1) is 0 Å². The van der Waals surface area contributed by atoms with Crippen LogP contribution in [0.3, 0.4) is 0 Å². The Morgan fingerprint density at radius 1 is 1.41 bits per heavy atom. The molecule has 1 aromatic heterocycles. The largest absolute Gasteiger partial charge is 0.308 e. The minimum atomic E-state index is 0.513. The summed E-state index contributed by atoms with van der Waals surface area (Å²) >= 11 is 0. The normalized spacial score (nSPS) is 20.2. The first-order chi connectivity index (χ1) is 8.09. The van der Waals surface area contributed by atoms with E-state index in [4.69, 9.17) is 5.84 Å². The third-order valence-electron chi connectivity index (χ3n) is 3.59. The first-order valence-electron chi connectivity index (χ1n) is 6.23. The summed E-state index contributed by atoms with van der Waals surface area (Å²) in [5.74, 6) is 6.10. The van der Waals surface area contributed by atoms with Gasteiger partial charge in [-0.25, -0.2) is 10.8 Å². The van der Waals surface area contributed by atoms with E-state index in [0.29, 0.717) is 5.41 Å². The van der Waals surface area contributed by atoms with Crippen LogP contribution in [0.25, 0.3) is 0 Å². The summed E-state index contributed by atoms with van der Waals surface area (Å²) < 4.78 is 0. The van der Waals surface area contributed by atoms with Gasteiger partial charge in [0.2, 0.25) is 0 Å². The topological polar surface area (TPSA) is 54.2 Å². The molecule has 0 amide bonds. The second-order valence-electron chi connectivity index (χ2n) is 5.63. The molecule has 0 bridgehead atoms. The molecule has 0 radical (unpaired) electrons. The highest BCUT2D eigenvalue weighted by Gasteiger charge is 2.25. The van der Waals surface area contributed by atoms with Gasteiger partial charge in [0, 0.05) is 12.7 Å². The molecule has 1 saturated heterocycles. The zero-order chi connectivity index (χ0) is 12.3. The van der Waals surface area contributed by atoms with Gasteiger partial charge in [0.05, 0.1) is 0 Å². The molecule has 0 aliphatic carbocycles. The van der Waals surface area contributed by atoms with Crippen LogP contribution in [0.4, 0.5) is 5.82 Å². The average molecular weight is 234 g/mol. The molecule has 1 aromatic rings. The van der Waals surface area contributed by atoms with Crippen molar-refractivity contribution in [2.75, 3.05) is 18.5 Å². The van der Waals surface area contributed by atoms with E-state index in [1.54, 1.807) is 6.20 Å². The first kappa shape index (κ1) is 12.3. The number of pyridine rings is 1. The molecule has 2 rings (SSSR count). The Labute approximate surface area is 103 Å². The fourth-order valence-electron chi connectivity index (χ4n) is 2.23. The predicted molar refractivity (Wildman–Crippen MR) is 70.3 cm³/mol. The lowest BCUT2D eigenvalue weighted by Gasteiger charge is -2.36. The fourth-order valence-corrected chi connectivity index (χ4v) is 2.23. The number of hydrazine groups is 1. The van der Waals surface area contributed by atoms with Crippen LogP contribution >= 0.6 is 0 Å². The van der Waals surface area contributed by atoms with E-state index in [1.807, 2.05) is 6.07 Å². The number of nitrogens with one attached hydrogen (secondary N) is 1. The molecule has 0 unspecified atom stereocenters. The van der Waals surface area contributed by atoms with Gasteiger partial charge in [-0.2, -0.15) is 0 Å². The third kappa shape index (κ3) is 3.41. The number of aromatic nitrogens is 1. The highest BCUT2D eigenvalue weighted by atomic mass is 15.2. The van der Waals surface area contributed by atoms with Crippen molar-refractivity contribution in [2.45, 2.75) is 33.2 Å². The van der Waals surface area contributed by atoms with E-state index in [1.165, 1.54) is 31.5 Å². The van der Waals surface area contributed by atoms with Crippen molar-refractivity contribution in [1.29, 1.82) is 0 Å². The second kappa shape index (κ2) is 5.02. The van der Waals surface area contributed by atoms with E-state index in [2.05, 4.69) is 35.2 Å². The summed E-state index contributed by atoms with van der Waals surface area (Å²) in [6.07, 6.45) is 4.36. The zero-order valence-corrected chi connectivity index (χ0v) is 10.7. The van der Waals surface area contributed by atoms with Crippen molar-refractivity contribution in [3.05, 3.63) is 23.9 Å². The number of hydrogen-bond donors (Lipinski definition) is 2. The van der Waals surface area contributed by atoms with Crippen molar-refractivity contribution in [3.8, 4) is 0 Å². The summed E-state index contributed by atoms with van der Waals surface area (Å²) in [4.78, 5) is 6.62. The quantitative estimate of drug-likeness (QED) is 0.620. The Hall–Kier alpha value is -1.13. The van der Waals surface area contributed by atoms with Gasteiger partial charge >= 0.3 is 0 Å². The maximum atomic E-state index is 5.36. The number of piperidine rings is 1. The van der Waals surface area contributed by atoms with Gasteiger partial charge in [0.1, 0.15) is 5.82 Å². The van der Waals surface area contributed by atoms with Crippen LogP contribution < -0.4 is 11.3 Å². The Bertz CT molecular complexity index is 365. The number of nitrogens with zero attached hydrogens (tertiary/aromatic N) is 2. The Balaban J connectivity index is 1.93. The molecule has 0 aromatic carbocycles. The van der Waals surface area contributed by atoms with Crippen molar-refractivity contribution >= 4 is 5.82 Å². The SMILES string of the molecule is CC1(C)CCN(Cc2ccnc(NN)c2)CC1. The molecule has 3 N–H and O–H groups in total. The van der Waals surface area contributed by atoms with Crippen LogP contribution in [0.2, 0.25) is 0 Å². The predicted octanol–water partition coefficient (Wildman–Crippen LogP) is 1.99. The molecule has 4 heteroatoms. The van der Waals surface area contributed by atoms with Crippen LogP contribution in [0.1, 0.15) is 32.3 Å². The molecule has 2 heterocycles. The molecular weight excluding hydrogens is 212 g/mol. The van der Waals surface area contributed by atoms with Gasteiger partial charge in [-0.05, 0) is 49.0 Å². The summed E-state index contributed by atoms with van der Waals surface area (Å²) in [6.45, 7) is 8.06. The summed E-state index contributed by atoms with van der Waals surface area (Å²) in [7, 11) is 0. The number of nitrogens with two attached hydrogens (primary N) is 1. The van der Waals surface area contributed by atoms with Crippen LogP contribution in [-0.2, 0) is 6.54 Å². The molecule has 0 spiro atoms. The van der Waals surface area contributed by atoms with Crippen molar-refractivity contribution in [3.63, 3.8) is 0 Å². The lowest BCUT2D eigenvalue weighted by Crippen LogP contribution is -2.36. The third-order valence-corrected chi connectivity index (χ3v) is 3.59. The lowest BCUT2D eigenvalue weighted by atomic mass is 9.82. The van der Waals surface area contributed by atoms with E-state index < -0.39 is 0 Å². The molecule has 94 valence electrons. The number of rotatable bonds is 3. The maximum absolute atomic E-state index is 5.36. The Morgan fingerprint density at radius 2 is 2.12 bits per heavy atom. The minimum Gasteiger partial charge on any atom is -0.308 e. The van der Waals surface area contributed by atoms with Crippen molar-refractivity contribution < 1.29 is 0 Å². The van der Waals surface area contributed by atoms with Crippen LogP contribution in [0.5, 0.6) is 0 Å². The van der Waals surface area contributed by atoms with Crippen molar-refractivity contribution in [1.82, 2.24) is 9.88 Å². The summed E-state index contributed by atoms with van der Waals surface area (Å²) in [5.41, 5.74) is 4.37. The number of hydrogen-bond acceptors (Lipinski definition) is 4. The van der Waals surface area contributed by atoms with E-state index in [-0.39, 0.29) is 0 Å². The lowest BCUT2D eigenvalue weighted by molar-refractivity contribution is 0.127. The van der Waals surface area contributed by atoms with Crippen LogP contribution in [-0.4, -0.2) is 23.0 Å². The van der Waals surface area contributed by atoms with Crippen molar-refractivity contribution in [2.24, 2.45) is 11.3 Å². The summed E-state index contributed by atoms with van der Waals surface area (Å²) in [5, 5.41) is 0. The first-order valence-corrected chi connectivity index (χ1v) is 6.23. The standard InChI is InChI=1S/C13H22N4/c1-13(2)4-7-17(8-5-13)10-11-3-6-15-12(9-11)16-14/h3,6,9H,4-5,7-8,10,14H2,1-2H3,(H,15,16). The molecule has 1 aliphatic rings. The van der Waals surface area contributed by atoms with Gasteiger partial charge in [0.25, 0.3) is 0 Å². The molecule has 4 nitrogen and oxygen atoms in total. The molecular formula is C13H22N4. The highest BCUT2D eigenvalue weighted by Crippen LogP contribution is 2.30. The van der Waals surface area contributed by atoms with Crippen LogP contribution in [0.15, 0.2) is 18.3 Å². The van der Waals surface area contributed by atoms with Gasteiger partial charge in [-0.3, -0.25) is 4.90 Å². The highest BCUT2D eigenvalue weighted by molar-refractivity contribution is 5.35. The Kier molecular flexibility index (Phi) is 3.64. The molecule has 1 aliphatic heterocycles. The minimum absolute atomic E-state index is 0.513. The average Bonchev–Trinajstić information content (AvgIpc) is 2.32.